The Morgan fingerprint density at radius 2 is 2.24 bits per heavy atom. The lowest BCUT2D eigenvalue weighted by Crippen LogP contribution is -2.15. The van der Waals surface area contributed by atoms with Crippen LogP contribution in [0.5, 0.6) is 0 Å². The standard InChI is InChI=1S/C12H17N5/c1-3-8(2)16-11-10-12(14-6-13-11)17(7-15-10)9-4-5-9/h6-9H,3-5H2,1-2H3,(H,13,14,16). The van der Waals surface area contributed by atoms with Gasteiger partial charge in [-0.1, -0.05) is 6.92 Å². The summed E-state index contributed by atoms with van der Waals surface area (Å²) in [7, 11) is 0. The van der Waals surface area contributed by atoms with Crippen LogP contribution in [-0.2, 0) is 0 Å². The maximum absolute atomic E-state index is 4.44. The van der Waals surface area contributed by atoms with E-state index in [4.69, 9.17) is 0 Å². The summed E-state index contributed by atoms with van der Waals surface area (Å²) in [5.41, 5.74) is 1.84. The molecule has 1 unspecified atom stereocenters. The second-order valence-corrected chi connectivity index (χ2v) is 4.73. The molecule has 2 aromatic heterocycles. The highest BCUT2D eigenvalue weighted by Crippen LogP contribution is 2.37. The summed E-state index contributed by atoms with van der Waals surface area (Å²) in [4.78, 5) is 13.1. The quantitative estimate of drug-likeness (QED) is 0.877. The van der Waals surface area contributed by atoms with E-state index in [1.54, 1.807) is 6.33 Å². The topological polar surface area (TPSA) is 55.6 Å². The van der Waals surface area contributed by atoms with Crippen molar-refractivity contribution in [2.45, 2.75) is 45.2 Å². The molecule has 0 bridgehead atoms. The zero-order valence-corrected chi connectivity index (χ0v) is 10.2. The van der Waals surface area contributed by atoms with Crippen LogP contribution < -0.4 is 5.32 Å². The summed E-state index contributed by atoms with van der Waals surface area (Å²) in [6.45, 7) is 4.30. The number of aromatic nitrogens is 4. The van der Waals surface area contributed by atoms with Gasteiger partial charge in [-0.15, -0.1) is 0 Å². The first kappa shape index (κ1) is 10.5. The molecule has 0 aliphatic heterocycles. The van der Waals surface area contributed by atoms with Crippen molar-refractivity contribution in [2.24, 2.45) is 0 Å². The van der Waals surface area contributed by atoms with Gasteiger partial charge in [-0.05, 0) is 26.2 Å². The van der Waals surface area contributed by atoms with E-state index in [0.29, 0.717) is 12.1 Å². The molecule has 1 atom stereocenters. The molecular weight excluding hydrogens is 214 g/mol. The van der Waals surface area contributed by atoms with Crippen LogP contribution in [0.2, 0.25) is 0 Å². The Morgan fingerprint density at radius 1 is 1.41 bits per heavy atom. The van der Waals surface area contributed by atoms with Crippen molar-refractivity contribution < 1.29 is 0 Å². The lowest BCUT2D eigenvalue weighted by Gasteiger charge is -2.11. The summed E-state index contributed by atoms with van der Waals surface area (Å²) in [5, 5.41) is 3.38. The molecule has 1 saturated carbocycles. The van der Waals surface area contributed by atoms with Crippen LogP contribution in [0.4, 0.5) is 5.82 Å². The molecule has 0 aromatic carbocycles. The third-order valence-corrected chi connectivity index (χ3v) is 3.29. The molecule has 2 aromatic rings. The van der Waals surface area contributed by atoms with Crippen molar-refractivity contribution in [3.8, 4) is 0 Å². The van der Waals surface area contributed by atoms with Crippen molar-refractivity contribution in [3.05, 3.63) is 12.7 Å². The normalized spacial score (nSPS) is 17.3. The molecule has 0 saturated heterocycles. The molecule has 90 valence electrons. The van der Waals surface area contributed by atoms with Crippen molar-refractivity contribution in [2.75, 3.05) is 5.32 Å². The molecule has 3 rings (SSSR count). The number of rotatable bonds is 4. The van der Waals surface area contributed by atoms with Crippen molar-refractivity contribution >= 4 is 17.0 Å². The SMILES string of the molecule is CCC(C)Nc1ncnc2c1ncn2C1CC1. The maximum Gasteiger partial charge on any atom is 0.165 e. The molecule has 5 nitrogen and oxygen atoms in total. The van der Waals surface area contributed by atoms with Crippen molar-refractivity contribution in [1.29, 1.82) is 0 Å². The minimum atomic E-state index is 0.402. The Balaban J connectivity index is 2.01. The summed E-state index contributed by atoms with van der Waals surface area (Å²) in [6.07, 6.45) is 7.05. The van der Waals surface area contributed by atoms with Gasteiger partial charge >= 0.3 is 0 Å². The first-order valence-electron chi connectivity index (χ1n) is 6.23. The zero-order valence-electron chi connectivity index (χ0n) is 10.2. The molecule has 1 aliphatic rings. The van der Waals surface area contributed by atoms with E-state index < -0.39 is 0 Å². The van der Waals surface area contributed by atoms with Crippen molar-refractivity contribution in [3.63, 3.8) is 0 Å². The van der Waals surface area contributed by atoms with Gasteiger partial charge in [-0.25, -0.2) is 15.0 Å². The molecule has 5 heteroatoms. The lowest BCUT2D eigenvalue weighted by molar-refractivity contribution is 0.754. The average molecular weight is 231 g/mol. The molecular formula is C12H17N5. The number of nitrogens with one attached hydrogen (secondary N) is 1. The van der Waals surface area contributed by atoms with Gasteiger partial charge in [-0.3, -0.25) is 0 Å². The van der Waals surface area contributed by atoms with E-state index >= 15 is 0 Å². The van der Waals surface area contributed by atoms with E-state index in [1.807, 2.05) is 6.33 Å². The number of nitrogens with zero attached hydrogens (tertiary/aromatic N) is 4. The first-order valence-corrected chi connectivity index (χ1v) is 6.23. The van der Waals surface area contributed by atoms with E-state index in [1.165, 1.54) is 12.8 Å². The van der Waals surface area contributed by atoms with Crippen molar-refractivity contribution in [1.82, 2.24) is 19.5 Å². The summed E-state index contributed by atoms with van der Waals surface area (Å²) < 4.78 is 2.17. The van der Waals surface area contributed by atoms with Crippen LogP contribution >= 0.6 is 0 Å². The molecule has 17 heavy (non-hydrogen) atoms. The van der Waals surface area contributed by atoms with E-state index in [0.717, 1.165) is 23.4 Å². The minimum Gasteiger partial charge on any atom is -0.366 e. The molecule has 1 fully saturated rings. The summed E-state index contributed by atoms with van der Waals surface area (Å²) in [5.74, 6) is 0.851. The Bertz CT molecular complexity index is 529. The molecule has 0 spiro atoms. The van der Waals surface area contributed by atoms with Gasteiger partial charge in [0.1, 0.15) is 11.8 Å². The maximum atomic E-state index is 4.44. The van der Waals surface area contributed by atoms with Gasteiger partial charge in [0, 0.05) is 12.1 Å². The zero-order chi connectivity index (χ0) is 11.8. The van der Waals surface area contributed by atoms with Crippen LogP contribution in [-0.4, -0.2) is 25.6 Å². The van der Waals surface area contributed by atoms with Crippen LogP contribution in [0.25, 0.3) is 11.2 Å². The fourth-order valence-corrected chi connectivity index (χ4v) is 1.91. The molecule has 0 amide bonds. The van der Waals surface area contributed by atoms with E-state index in [9.17, 15) is 0 Å². The van der Waals surface area contributed by atoms with Crippen LogP contribution in [0.15, 0.2) is 12.7 Å². The third kappa shape index (κ3) is 1.85. The highest BCUT2D eigenvalue weighted by atomic mass is 15.2. The molecule has 1 N–H and O–H groups in total. The monoisotopic (exact) mass is 231 g/mol. The van der Waals surface area contributed by atoms with Gasteiger partial charge in [0.2, 0.25) is 0 Å². The predicted octanol–water partition coefficient (Wildman–Crippen LogP) is 2.37. The Kier molecular flexibility index (Phi) is 2.46. The Morgan fingerprint density at radius 3 is 2.94 bits per heavy atom. The fraction of sp³-hybridized carbons (Fsp3) is 0.583. The first-order chi connectivity index (χ1) is 8.29. The fourth-order valence-electron chi connectivity index (χ4n) is 1.91. The van der Waals surface area contributed by atoms with E-state index in [2.05, 4.69) is 38.7 Å². The smallest absolute Gasteiger partial charge is 0.165 e. The molecule has 1 aliphatic carbocycles. The van der Waals surface area contributed by atoms with Crippen LogP contribution in [0, 0.1) is 0 Å². The Labute approximate surface area is 100 Å². The van der Waals surface area contributed by atoms with Gasteiger partial charge < -0.3 is 9.88 Å². The van der Waals surface area contributed by atoms with Crippen LogP contribution in [0.1, 0.15) is 39.2 Å². The summed E-state index contributed by atoms with van der Waals surface area (Å²) in [6, 6.07) is 1.01. The van der Waals surface area contributed by atoms with Gasteiger partial charge in [0.25, 0.3) is 0 Å². The number of anilines is 1. The Hall–Kier alpha value is -1.65. The second-order valence-electron chi connectivity index (χ2n) is 4.73. The lowest BCUT2D eigenvalue weighted by atomic mass is 10.2. The predicted molar refractivity (Wildman–Crippen MR) is 67.0 cm³/mol. The highest BCUT2D eigenvalue weighted by Gasteiger charge is 2.26. The number of fused-ring (bicyclic) bond motifs is 1. The minimum absolute atomic E-state index is 0.402. The molecule has 2 heterocycles. The van der Waals surface area contributed by atoms with E-state index in [-0.39, 0.29) is 0 Å². The summed E-state index contributed by atoms with van der Waals surface area (Å²) >= 11 is 0. The highest BCUT2D eigenvalue weighted by molar-refractivity contribution is 5.82. The van der Waals surface area contributed by atoms with Gasteiger partial charge in [-0.2, -0.15) is 0 Å². The number of imidazole rings is 1. The van der Waals surface area contributed by atoms with Gasteiger partial charge in [0.15, 0.2) is 11.5 Å². The number of hydrogen-bond donors (Lipinski definition) is 1. The van der Waals surface area contributed by atoms with Gasteiger partial charge in [0.05, 0.1) is 6.33 Å². The largest absolute Gasteiger partial charge is 0.366 e. The molecule has 0 radical (unpaired) electrons. The average Bonchev–Trinajstić information content (AvgIpc) is 3.09. The number of hydrogen-bond acceptors (Lipinski definition) is 4. The van der Waals surface area contributed by atoms with Crippen LogP contribution in [0.3, 0.4) is 0 Å². The second kappa shape index (κ2) is 3.98. The third-order valence-electron chi connectivity index (χ3n) is 3.29.